The molecule has 0 amide bonds. The van der Waals surface area contributed by atoms with Gasteiger partial charge in [0, 0.05) is 25.9 Å². The normalized spacial score (nSPS) is 13.1. The van der Waals surface area contributed by atoms with Crippen molar-refractivity contribution in [2.24, 2.45) is 25.9 Å². The summed E-state index contributed by atoms with van der Waals surface area (Å²) in [5.74, 6) is -1.95. The second-order valence-corrected chi connectivity index (χ2v) is 17.1. The smallest absolute Gasteiger partial charge is 0.309 e. The number of ether oxygens (including phenoxy) is 2. The van der Waals surface area contributed by atoms with Crippen LogP contribution in [-0.2, 0) is 59.6 Å². The second-order valence-electron chi connectivity index (χ2n) is 17.1. The first kappa shape index (κ1) is 47.0. The van der Waals surface area contributed by atoms with Crippen molar-refractivity contribution in [3.05, 3.63) is 188 Å². The van der Waals surface area contributed by atoms with Crippen molar-refractivity contribution in [3.63, 3.8) is 0 Å². The van der Waals surface area contributed by atoms with Crippen LogP contribution in [0.25, 0.3) is 22.1 Å². The summed E-state index contributed by atoms with van der Waals surface area (Å²) < 4.78 is 14.9. The van der Waals surface area contributed by atoms with Crippen molar-refractivity contribution in [1.82, 2.24) is 30.0 Å². The molecule has 12 nitrogen and oxygen atoms in total. The molecule has 0 radical (unpaired) electrons. The zero-order valence-electron chi connectivity index (χ0n) is 38.9. The molecule has 0 unspecified atom stereocenters. The fraction of sp³-hybridized carbons (Fsp3) is 0.296. The van der Waals surface area contributed by atoms with Crippen LogP contribution in [0, 0.1) is 39.5 Å². The van der Waals surface area contributed by atoms with Crippen LogP contribution in [0.2, 0.25) is 0 Å². The molecule has 340 valence electrons. The molecule has 6 aromatic carbocycles. The monoisotopic (exact) mass is 886 g/mol. The van der Waals surface area contributed by atoms with Crippen LogP contribution < -0.4 is 0 Å². The van der Waals surface area contributed by atoms with E-state index in [2.05, 4.69) is 20.6 Å². The van der Waals surface area contributed by atoms with Gasteiger partial charge in [0.05, 0.1) is 36.1 Å². The molecule has 2 N–H and O–H groups in total. The summed E-state index contributed by atoms with van der Waals surface area (Å²) in [6, 6.07) is 39.4. The van der Waals surface area contributed by atoms with Crippen molar-refractivity contribution in [2.45, 2.75) is 79.8 Å². The Bertz CT molecular complexity index is 2760. The molecule has 0 saturated heterocycles. The molecular formula is C54H58N6O6. The minimum absolute atomic E-state index is 0.0542. The predicted octanol–water partition coefficient (Wildman–Crippen LogP) is 9.18. The van der Waals surface area contributed by atoms with Crippen LogP contribution in [0.4, 0.5) is 0 Å². The molecule has 0 fully saturated rings. The Morgan fingerprint density at radius 2 is 0.924 bits per heavy atom. The highest BCUT2D eigenvalue weighted by Crippen LogP contribution is 2.39. The highest BCUT2D eigenvalue weighted by molar-refractivity contribution is 5.82. The van der Waals surface area contributed by atoms with Gasteiger partial charge in [-0.1, -0.05) is 133 Å². The number of carbonyl (C=O) groups excluding carboxylic acids is 2. The summed E-state index contributed by atoms with van der Waals surface area (Å²) in [7, 11) is 3.73. The van der Waals surface area contributed by atoms with E-state index in [1.54, 1.807) is 9.36 Å². The highest BCUT2D eigenvalue weighted by Gasteiger charge is 2.32. The van der Waals surface area contributed by atoms with Gasteiger partial charge in [0.25, 0.3) is 0 Å². The van der Waals surface area contributed by atoms with E-state index in [1.807, 2.05) is 177 Å². The molecule has 8 rings (SSSR count). The lowest BCUT2D eigenvalue weighted by Crippen LogP contribution is -2.24. The summed E-state index contributed by atoms with van der Waals surface area (Å²) in [6.45, 7) is 12.1. The summed E-state index contributed by atoms with van der Waals surface area (Å²) in [4.78, 5) is 26.4. The van der Waals surface area contributed by atoms with E-state index < -0.39 is 11.8 Å². The molecule has 0 saturated carbocycles. The van der Waals surface area contributed by atoms with Crippen LogP contribution in [0.5, 0.6) is 0 Å². The Morgan fingerprint density at radius 1 is 0.545 bits per heavy atom. The first-order valence-electron chi connectivity index (χ1n) is 22.2. The minimum atomic E-state index is -0.448. The topological polar surface area (TPSA) is 154 Å². The van der Waals surface area contributed by atoms with E-state index in [0.29, 0.717) is 0 Å². The lowest BCUT2D eigenvalue weighted by atomic mass is 9.79. The number of fused-ring (bicyclic) bond motifs is 2. The van der Waals surface area contributed by atoms with Gasteiger partial charge in [0.2, 0.25) is 0 Å². The molecule has 0 bridgehead atoms. The van der Waals surface area contributed by atoms with Crippen LogP contribution in [0.3, 0.4) is 0 Å². The standard InChI is InChI=1S/2C27H29N3O3/c2*1-17-10-11-21(14-22(17)15-31)25(19(3)27(32)33-16-20-8-6-5-7-9-20)23-12-13-24-26(18(23)2)28-29-30(24)4/h2*5-14,19,25,31H,15-16H2,1-4H3/t2*19-,25-/m10/s1. The van der Waals surface area contributed by atoms with Crippen LogP contribution in [-0.4, -0.2) is 52.1 Å². The Labute approximate surface area is 385 Å². The maximum Gasteiger partial charge on any atom is 0.309 e. The third-order valence-electron chi connectivity index (χ3n) is 12.8. The van der Waals surface area contributed by atoms with Crippen molar-refractivity contribution in [2.75, 3.05) is 0 Å². The number of aryl methyl sites for hydroxylation is 6. The number of aromatic nitrogens is 6. The van der Waals surface area contributed by atoms with E-state index >= 15 is 0 Å². The lowest BCUT2D eigenvalue weighted by Gasteiger charge is -2.26. The Hall–Kier alpha value is -7.02. The number of benzene rings is 6. The molecule has 12 heteroatoms. The van der Waals surface area contributed by atoms with Crippen molar-refractivity contribution in [1.29, 1.82) is 0 Å². The van der Waals surface area contributed by atoms with Gasteiger partial charge in [-0.15, -0.1) is 10.2 Å². The summed E-state index contributed by atoms with van der Waals surface area (Å²) in [5, 5.41) is 36.7. The van der Waals surface area contributed by atoms with E-state index in [1.165, 1.54) is 0 Å². The maximum absolute atomic E-state index is 13.2. The quantitative estimate of drug-likeness (QED) is 0.101. The highest BCUT2D eigenvalue weighted by atomic mass is 16.5. The summed E-state index contributed by atoms with van der Waals surface area (Å²) >= 11 is 0. The minimum Gasteiger partial charge on any atom is -0.461 e. The van der Waals surface area contributed by atoms with E-state index in [-0.39, 0.29) is 50.2 Å². The molecule has 8 aromatic rings. The molecule has 0 spiro atoms. The molecular weight excluding hydrogens is 829 g/mol. The largest absolute Gasteiger partial charge is 0.461 e. The van der Waals surface area contributed by atoms with Gasteiger partial charge >= 0.3 is 11.9 Å². The Morgan fingerprint density at radius 3 is 1.29 bits per heavy atom. The van der Waals surface area contributed by atoms with Gasteiger partial charge in [-0.05, 0) is 107 Å². The van der Waals surface area contributed by atoms with Crippen molar-refractivity contribution >= 4 is 34.0 Å². The number of carbonyl (C=O) groups is 2. The number of esters is 2. The van der Waals surface area contributed by atoms with Gasteiger partial charge in [-0.3, -0.25) is 9.59 Å². The Balaban J connectivity index is 0.000000196. The van der Waals surface area contributed by atoms with Gasteiger partial charge in [0.15, 0.2) is 0 Å². The molecule has 4 atom stereocenters. The maximum atomic E-state index is 13.2. The number of nitrogens with zero attached hydrogens (tertiary/aromatic N) is 6. The third-order valence-corrected chi connectivity index (χ3v) is 12.8. The Kier molecular flexibility index (Phi) is 14.8. The van der Waals surface area contributed by atoms with Crippen LogP contribution >= 0.6 is 0 Å². The number of aliphatic hydroxyl groups excluding tert-OH is 2. The average molecular weight is 887 g/mol. The van der Waals surface area contributed by atoms with E-state index in [0.717, 1.165) is 88.8 Å². The first-order chi connectivity index (χ1) is 31.8. The van der Waals surface area contributed by atoms with Crippen LogP contribution in [0.1, 0.15) is 92.4 Å². The second kappa shape index (κ2) is 20.9. The predicted molar refractivity (Wildman–Crippen MR) is 255 cm³/mol. The van der Waals surface area contributed by atoms with E-state index in [9.17, 15) is 19.8 Å². The lowest BCUT2D eigenvalue weighted by molar-refractivity contribution is -0.150. The molecule has 0 aliphatic rings. The number of hydrogen-bond donors (Lipinski definition) is 2. The average Bonchev–Trinajstić information content (AvgIpc) is 3.92. The van der Waals surface area contributed by atoms with Gasteiger partial charge in [-0.25, -0.2) is 9.36 Å². The molecule has 0 aliphatic heterocycles. The molecule has 0 aliphatic carbocycles. The van der Waals surface area contributed by atoms with Gasteiger partial charge in [-0.2, -0.15) is 0 Å². The van der Waals surface area contributed by atoms with Gasteiger partial charge in [0.1, 0.15) is 24.2 Å². The van der Waals surface area contributed by atoms with E-state index in [4.69, 9.17) is 9.47 Å². The zero-order chi connectivity index (χ0) is 47.1. The van der Waals surface area contributed by atoms with Gasteiger partial charge < -0.3 is 19.7 Å². The van der Waals surface area contributed by atoms with Crippen molar-refractivity contribution < 1.29 is 29.3 Å². The SMILES string of the molecule is Cc1ccc([C@@H](c2ccc3c(nnn3C)c2C)[C@H](C)C(=O)OCc2ccccc2)cc1CO.Cc1ccc([C@H](c2ccc3c(nnn3C)c2C)[C@@H](C)C(=O)OCc2ccccc2)cc1CO. The zero-order valence-corrected chi connectivity index (χ0v) is 38.9. The van der Waals surface area contributed by atoms with Crippen molar-refractivity contribution in [3.8, 4) is 0 Å². The summed E-state index contributed by atoms with van der Waals surface area (Å²) in [5.41, 5.74) is 15.0. The molecule has 66 heavy (non-hydrogen) atoms. The number of rotatable bonds is 14. The number of hydrogen-bond acceptors (Lipinski definition) is 10. The fourth-order valence-electron chi connectivity index (χ4n) is 8.75. The number of aliphatic hydroxyl groups is 2. The van der Waals surface area contributed by atoms with Crippen LogP contribution in [0.15, 0.2) is 121 Å². The molecule has 2 heterocycles. The fourth-order valence-corrected chi connectivity index (χ4v) is 8.75. The third kappa shape index (κ3) is 10.1. The first-order valence-corrected chi connectivity index (χ1v) is 22.2. The molecule has 2 aromatic heterocycles. The summed E-state index contributed by atoms with van der Waals surface area (Å²) in [6.07, 6.45) is 0.